The second-order valence-corrected chi connectivity index (χ2v) is 4.94. The highest BCUT2D eigenvalue weighted by atomic mass is 14.9. The molecule has 0 aliphatic heterocycles. The van der Waals surface area contributed by atoms with Gasteiger partial charge in [-0.1, -0.05) is 36.4 Å². The highest BCUT2D eigenvalue weighted by Gasteiger charge is 2.04. The molecule has 0 N–H and O–H groups in total. The minimum absolute atomic E-state index is 0.938. The third-order valence-electron chi connectivity index (χ3n) is 3.44. The lowest BCUT2D eigenvalue weighted by atomic mass is 10.1. The Balaban J connectivity index is 2.08. The molecule has 1 nitrogen and oxygen atoms in total. The van der Waals surface area contributed by atoms with Gasteiger partial charge in [-0.3, -0.25) is 0 Å². The van der Waals surface area contributed by atoms with Gasteiger partial charge in [0, 0.05) is 23.6 Å². The van der Waals surface area contributed by atoms with Gasteiger partial charge in [0.25, 0.3) is 0 Å². The first-order valence-corrected chi connectivity index (χ1v) is 6.34. The fourth-order valence-electron chi connectivity index (χ4n) is 2.57. The number of aromatic nitrogens is 1. The Morgan fingerprint density at radius 2 is 1.72 bits per heavy atom. The van der Waals surface area contributed by atoms with Crippen molar-refractivity contribution in [2.45, 2.75) is 20.4 Å². The Labute approximate surface area is 108 Å². The van der Waals surface area contributed by atoms with E-state index in [9.17, 15) is 0 Å². The maximum absolute atomic E-state index is 2.32. The van der Waals surface area contributed by atoms with Crippen LogP contribution < -0.4 is 0 Å². The molecule has 0 bridgehead atoms. The van der Waals surface area contributed by atoms with Gasteiger partial charge in [-0.15, -0.1) is 0 Å². The van der Waals surface area contributed by atoms with E-state index in [0.717, 1.165) is 6.54 Å². The number of aryl methyl sites for hydroxylation is 2. The molecule has 0 radical (unpaired) electrons. The van der Waals surface area contributed by atoms with Crippen molar-refractivity contribution in [1.82, 2.24) is 4.57 Å². The van der Waals surface area contributed by atoms with Crippen molar-refractivity contribution in [2.75, 3.05) is 0 Å². The highest BCUT2D eigenvalue weighted by molar-refractivity contribution is 5.84. The van der Waals surface area contributed by atoms with Crippen molar-refractivity contribution in [3.8, 4) is 0 Å². The molecule has 0 unspecified atom stereocenters. The standard InChI is InChI=1S/C17H17N/c1-13-10-14(2)16-8-9-18(17(16)11-13)12-15-6-4-3-5-7-15/h3-11H,12H2,1-2H3. The number of hydrogen-bond donors (Lipinski definition) is 0. The predicted molar refractivity (Wildman–Crippen MR) is 77.0 cm³/mol. The largest absolute Gasteiger partial charge is 0.343 e. The summed E-state index contributed by atoms with van der Waals surface area (Å²) in [6, 6.07) is 17.3. The van der Waals surface area contributed by atoms with E-state index < -0.39 is 0 Å². The van der Waals surface area contributed by atoms with Crippen LogP contribution in [0.25, 0.3) is 10.9 Å². The van der Waals surface area contributed by atoms with Gasteiger partial charge in [0.15, 0.2) is 0 Å². The molecule has 1 heterocycles. The van der Waals surface area contributed by atoms with Crippen LogP contribution in [0.2, 0.25) is 0 Å². The molecular formula is C17H17N. The first kappa shape index (κ1) is 11.1. The fourth-order valence-corrected chi connectivity index (χ4v) is 2.57. The van der Waals surface area contributed by atoms with Crippen molar-refractivity contribution in [3.63, 3.8) is 0 Å². The van der Waals surface area contributed by atoms with Crippen molar-refractivity contribution >= 4 is 10.9 Å². The van der Waals surface area contributed by atoms with Gasteiger partial charge in [0.05, 0.1) is 0 Å². The molecule has 0 saturated heterocycles. The molecule has 0 aliphatic carbocycles. The normalized spacial score (nSPS) is 11.0. The summed E-state index contributed by atoms with van der Waals surface area (Å²) in [5, 5.41) is 1.36. The number of hydrogen-bond acceptors (Lipinski definition) is 0. The SMILES string of the molecule is Cc1cc(C)c2ccn(Cc3ccccc3)c2c1. The summed E-state index contributed by atoms with van der Waals surface area (Å²) in [5.74, 6) is 0. The lowest BCUT2D eigenvalue weighted by Gasteiger charge is -2.07. The monoisotopic (exact) mass is 235 g/mol. The molecule has 18 heavy (non-hydrogen) atoms. The van der Waals surface area contributed by atoms with Gasteiger partial charge in [-0.05, 0) is 42.7 Å². The van der Waals surface area contributed by atoms with Crippen LogP contribution in [0.15, 0.2) is 54.7 Å². The van der Waals surface area contributed by atoms with E-state index in [4.69, 9.17) is 0 Å². The van der Waals surface area contributed by atoms with Crippen molar-refractivity contribution < 1.29 is 0 Å². The lowest BCUT2D eigenvalue weighted by molar-refractivity contribution is 0.836. The van der Waals surface area contributed by atoms with E-state index >= 15 is 0 Å². The second-order valence-electron chi connectivity index (χ2n) is 4.94. The summed E-state index contributed by atoms with van der Waals surface area (Å²) in [7, 11) is 0. The van der Waals surface area contributed by atoms with Gasteiger partial charge in [-0.25, -0.2) is 0 Å². The molecule has 1 heteroatoms. The van der Waals surface area contributed by atoms with E-state index in [2.05, 4.69) is 73.1 Å². The Bertz CT molecular complexity index is 677. The quantitative estimate of drug-likeness (QED) is 0.624. The number of benzene rings is 2. The molecule has 2 aromatic carbocycles. The maximum Gasteiger partial charge on any atom is 0.0488 e. The lowest BCUT2D eigenvalue weighted by Crippen LogP contribution is -1.97. The third-order valence-corrected chi connectivity index (χ3v) is 3.44. The molecular weight excluding hydrogens is 218 g/mol. The molecule has 3 rings (SSSR count). The van der Waals surface area contributed by atoms with Gasteiger partial charge in [0.1, 0.15) is 0 Å². The summed E-state index contributed by atoms with van der Waals surface area (Å²) in [6.45, 7) is 5.28. The zero-order valence-electron chi connectivity index (χ0n) is 10.9. The molecule has 0 saturated carbocycles. The smallest absolute Gasteiger partial charge is 0.0488 e. The Morgan fingerprint density at radius 1 is 0.944 bits per heavy atom. The van der Waals surface area contributed by atoms with Crippen LogP contribution in [0.3, 0.4) is 0 Å². The molecule has 0 atom stereocenters. The van der Waals surface area contributed by atoms with Crippen LogP contribution in [0.1, 0.15) is 16.7 Å². The zero-order chi connectivity index (χ0) is 12.5. The summed E-state index contributed by atoms with van der Waals surface area (Å²) >= 11 is 0. The average Bonchev–Trinajstić information content (AvgIpc) is 2.74. The summed E-state index contributed by atoms with van der Waals surface area (Å²) in [4.78, 5) is 0. The van der Waals surface area contributed by atoms with Crippen LogP contribution in [-0.4, -0.2) is 4.57 Å². The van der Waals surface area contributed by atoms with E-state index in [1.165, 1.54) is 27.6 Å². The third kappa shape index (κ3) is 1.92. The van der Waals surface area contributed by atoms with Crippen molar-refractivity contribution in [1.29, 1.82) is 0 Å². The maximum atomic E-state index is 2.32. The van der Waals surface area contributed by atoms with Crippen LogP contribution in [0, 0.1) is 13.8 Å². The van der Waals surface area contributed by atoms with Crippen LogP contribution in [-0.2, 0) is 6.54 Å². The van der Waals surface area contributed by atoms with Crippen LogP contribution >= 0.6 is 0 Å². The topological polar surface area (TPSA) is 4.93 Å². The first-order chi connectivity index (χ1) is 8.74. The number of nitrogens with zero attached hydrogens (tertiary/aromatic N) is 1. The number of rotatable bonds is 2. The Morgan fingerprint density at radius 3 is 2.50 bits per heavy atom. The Hall–Kier alpha value is -2.02. The first-order valence-electron chi connectivity index (χ1n) is 6.34. The fraction of sp³-hybridized carbons (Fsp3) is 0.176. The van der Waals surface area contributed by atoms with Gasteiger partial charge in [-0.2, -0.15) is 0 Å². The van der Waals surface area contributed by atoms with Crippen molar-refractivity contribution in [2.24, 2.45) is 0 Å². The molecule has 0 spiro atoms. The summed E-state index contributed by atoms with van der Waals surface area (Å²) in [6.07, 6.45) is 2.18. The predicted octanol–water partition coefficient (Wildman–Crippen LogP) is 4.31. The Kier molecular flexibility index (Phi) is 2.67. The van der Waals surface area contributed by atoms with Gasteiger partial charge in [0.2, 0.25) is 0 Å². The van der Waals surface area contributed by atoms with E-state index in [1.54, 1.807) is 0 Å². The summed E-state index contributed by atoms with van der Waals surface area (Å²) in [5.41, 5.74) is 5.36. The highest BCUT2D eigenvalue weighted by Crippen LogP contribution is 2.22. The van der Waals surface area contributed by atoms with Gasteiger partial charge < -0.3 is 4.57 Å². The zero-order valence-corrected chi connectivity index (χ0v) is 10.9. The van der Waals surface area contributed by atoms with Gasteiger partial charge >= 0.3 is 0 Å². The summed E-state index contributed by atoms with van der Waals surface area (Å²) < 4.78 is 2.32. The molecule has 0 aliphatic rings. The van der Waals surface area contributed by atoms with Crippen molar-refractivity contribution in [3.05, 3.63) is 71.4 Å². The number of fused-ring (bicyclic) bond motifs is 1. The minimum atomic E-state index is 0.938. The second kappa shape index (κ2) is 4.34. The van der Waals surface area contributed by atoms with E-state index in [0.29, 0.717) is 0 Å². The van der Waals surface area contributed by atoms with Crippen LogP contribution in [0.4, 0.5) is 0 Å². The molecule has 0 amide bonds. The van der Waals surface area contributed by atoms with E-state index in [1.807, 2.05) is 0 Å². The van der Waals surface area contributed by atoms with Crippen LogP contribution in [0.5, 0.6) is 0 Å². The molecule has 90 valence electrons. The molecule has 1 aromatic heterocycles. The molecule has 3 aromatic rings. The molecule has 0 fully saturated rings. The average molecular weight is 235 g/mol. The van der Waals surface area contributed by atoms with E-state index in [-0.39, 0.29) is 0 Å². The minimum Gasteiger partial charge on any atom is -0.343 e.